The van der Waals surface area contributed by atoms with Gasteiger partial charge in [-0.3, -0.25) is 4.79 Å². The number of hydrogen-bond acceptors (Lipinski definition) is 4. The van der Waals surface area contributed by atoms with E-state index in [1.54, 1.807) is 7.11 Å². The number of nitrogens with two attached hydrogens (primary N) is 1. The van der Waals surface area contributed by atoms with Crippen LogP contribution in [0.1, 0.15) is 25.8 Å². The maximum atomic E-state index is 12.3. The zero-order valence-corrected chi connectivity index (χ0v) is 13.1. The first-order valence-electron chi connectivity index (χ1n) is 7.23. The van der Waals surface area contributed by atoms with E-state index in [9.17, 15) is 4.79 Å². The van der Waals surface area contributed by atoms with Gasteiger partial charge in [0.1, 0.15) is 0 Å². The Kier molecular flexibility index (Phi) is 7.36. The van der Waals surface area contributed by atoms with Crippen LogP contribution in [0.3, 0.4) is 0 Å². The predicted molar refractivity (Wildman–Crippen MR) is 84.1 cm³/mol. The van der Waals surface area contributed by atoms with E-state index in [4.69, 9.17) is 15.2 Å². The maximum absolute atomic E-state index is 12.3. The lowest BCUT2D eigenvalue weighted by Crippen LogP contribution is -2.39. The van der Waals surface area contributed by atoms with Crippen LogP contribution >= 0.6 is 0 Å². The Bertz CT molecular complexity index is 445. The molecule has 0 bridgehead atoms. The SMILES string of the molecule is CCC(C)(CN)C(=O)Nc1cccc(COCCOC)c1. The number of benzene rings is 1. The fourth-order valence-corrected chi connectivity index (χ4v) is 1.75. The van der Waals surface area contributed by atoms with Crippen molar-refractivity contribution in [3.05, 3.63) is 29.8 Å². The molecular weight excluding hydrogens is 268 g/mol. The summed E-state index contributed by atoms with van der Waals surface area (Å²) >= 11 is 0. The van der Waals surface area contributed by atoms with E-state index < -0.39 is 5.41 Å². The summed E-state index contributed by atoms with van der Waals surface area (Å²) < 4.78 is 10.4. The Hall–Kier alpha value is -1.43. The van der Waals surface area contributed by atoms with E-state index in [1.165, 1.54) is 0 Å². The Morgan fingerprint density at radius 3 is 2.76 bits per heavy atom. The summed E-state index contributed by atoms with van der Waals surface area (Å²) in [5.41, 5.74) is 6.94. The lowest BCUT2D eigenvalue weighted by atomic mass is 9.86. The van der Waals surface area contributed by atoms with Gasteiger partial charge in [-0.1, -0.05) is 19.1 Å². The average Bonchev–Trinajstić information content (AvgIpc) is 2.51. The van der Waals surface area contributed by atoms with E-state index in [0.29, 0.717) is 32.8 Å². The number of rotatable bonds is 9. The van der Waals surface area contributed by atoms with Crippen molar-refractivity contribution in [2.24, 2.45) is 11.1 Å². The molecule has 1 unspecified atom stereocenters. The first-order chi connectivity index (χ1) is 10.1. The standard InChI is InChI=1S/C16H26N2O3/c1-4-16(2,12-17)15(19)18-14-7-5-6-13(10-14)11-21-9-8-20-3/h5-7,10H,4,8-9,11-12,17H2,1-3H3,(H,18,19). The molecule has 3 N–H and O–H groups in total. The minimum Gasteiger partial charge on any atom is -0.382 e. The molecule has 0 fully saturated rings. The summed E-state index contributed by atoms with van der Waals surface area (Å²) in [6.07, 6.45) is 0.704. The van der Waals surface area contributed by atoms with E-state index in [1.807, 2.05) is 38.1 Å². The second-order valence-electron chi connectivity index (χ2n) is 5.32. The molecule has 1 rings (SSSR count). The van der Waals surface area contributed by atoms with Gasteiger partial charge in [0.2, 0.25) is 5.91 Å². The molecule has 21 heavy (non-hydrogen) atoms. The number of amides is 1. The Labute approximate surface area is 126 Å². The van der Waals surface area contributed by atoms with E-state index in [0.717, 1.165) is 11.3 Å². The van der Waals surface area contributed by atoms with Gasteiger partial charge in [0.25, 0.3) is 0 Å². The minimum absolute atomic E-state index is 0.0510. The number of nitrogens with one attached hydrogen (secondary N) is 1. The highest BCUT2D eigenvalue weighted by Crippen LogP contribution is 2.22. The lowest BCUT2D eigenvalue weighted by molar-refractivity contribution is -0.124. The monoisotopic (exact) mass is 294 g/mol. The summed E-state index contributed by atoms with van der Waals surface area (Å²) in [6, 6.07) is 7.64. The van der Waals surface area contributed by atoms with E-state index in [-0.39, 0.29) is 5.91 Å². The first kappa shape index (κ1) is 17.6. The largest absolute Gasteiger partial charge is 0.382 e. The number of ether oxygens (including phenoxy) is 2. The molecule has 118 valence electrons. The average molecular weight is 294 g/mol. The van der Waals surface area contributed by atoms with E-state index in [2.05, 4.69) is 5.32 Å². The molecule has 1 aromatic carbocycles. The van der Waals surface area contributed by atoms with Crippen LogP contribution in [0, 0.1) is 5.41 Å². The van der Waals surface area contributed by atoms with Gasteiger partial charge in [0.15, 0.2) is 0 Å². The van der Waals surface area contributed by atoms with E-state index >= 15 is 0 Å². The van der Waals surface area contributed by atoms with Crippen molar-refractivity contribution in [1.29, 1.82) is 0 Å². The van der Waals surface area contributed by atoms with Crippen molar-refractivity contribution in [1.82, 2.24) is 0 Å². The minimum atomic E-state index is -0.537. The van der Waals surface area contributed by atoms with Gasteiger partial charge >= 0.3 is 0 Å². The molecule has 0 heterocycles. The van der Waals surface area contributed by atoms with Gasteiger partial charge in [-0.2, -0.15) is 0 Å². The zero-order valence-electron chi connectivity index (χ0n) is 13.1. The Morgan fingerprint density at radius 1 is 1.38 bits per heavy atom. The molecule has 0 aliphatic rings. The maximum Gasteiger partial charge on any atom is 0.231 e. The van der Waals surface area contributed by atoms with Gasteiger partial charge in [0, 0.05) is 19.3 Å². The van der Waals surface area contributed by atoms with Gasteiger partial charge < -0.3 is 20.5 Å². The summed E-state index contributed by atoms with van der Waals surface area (Å²) in [7, 11) is 1.64. The van der Waals surface area contributed by atoms with Crippen molar-refractivity contribution in [2.45, 2.75) is 26.9 Å². The van der Waals surface area contributed by atoms with Crippen LogP contribution in [-0.4, -0.2) is 32.8 Å². The number of carbonyl (C=O) groups excluding carboxylic acids is 1. The molecule has 0 radical (unpaired) electrons. The number of methoxy groups -OCH3 is 1. The molecule has 1 amide bonds. The van der Waals surface area contributed by atoms with Crippen LogP contribution in [0.15, 0.2) is 24.3 Å². The van der Waals surface area contributed by atoms with Crippen LogP contribution in [0.4, 0.5) is 5.69 Å². The fourth-order valence-electron chi connectivity index (χ4n) is 1.75. The van der Waals surface area contributed by atoms with Crippen LogP contribution in [0.2, 0.25) is 0 Å². The third-order valence-corrected chi connectivity index (χ3v) is 3.66. The highest BCUT2D eigenvalue weighted by atomic mass is 16.5. The highest BCUT2D eigenvalue weighted by molar-refractivity contribution is 5.95. The molecule has 0 spiro atoms. The molecule has 1 aromatic rings. The van der Waals surface area contributed by atoms with Gasteiger partial charge in [-0.05, 0) is 31.0 Å². The molecule has 5 nitrogen and oxygen atoms in total. The lowest BCUT2D eigenvalue weighted by Gasteiger charge is -2.25. The third-order valence-electron chi connectivity index (χ3n) is 3.66. The third kappa shape index (κ3) is 5.46. The van der Waals surface area contributed by atoms with Gasteiger partial charge in [-0.15, -0.1) is 0 Å². The first-order valence-corrected chi connectivity index (χ1v) is 7.23. The molecule has 0 aromatic heterocycles. The van der Waals surface area contributed by atoms with Crippen LogP contribution in [0.5, 0.6) is 0 Å². The number of carbonyl (C=O) groups is 1. The van der Waals surface area contributed by atoms with Crippen molar-refractivity contribution < 1.29 is 14.3 Å². The fraction of sp³-hybridized carbons (Fsp3) is 0.562. The predicted octanol–water partition coefficient (Wildman–Crippen LogP) is 2.16. The molecular formula is C16H26N2O3. The molecule has 5 heteroatoms. The van der Waals surface area contributed by atoms with Crippen molar-refractivity contribution in [3.8, 4) is 0 Å². The van der Waals surface area contributed by atoms with Crippen molar-refractivity contribution in [2.75, 3.05) is 32.2 Å². The second kappa shape index (κ2) is 8.77. The van der Waals surface area contributed by atoms with Gasteiger partial charge in [0.05, 0.1) is 25.2 Å². The highest BCUT2D eigenvalue weighted by Gasteiger charge is 2.29. The molecule has 0 saturated heterocycles. The van der Waals surface area contributed by atoms with Crippen LogP contribution in [-0.2, 0) is 20.9 Å². The Balaban J connectivity index is 2.62. The molecule has 0 aliphatic carbocycles. The summed E-state index contributed by atoms with van der Waals surface area (Å²) in [6.45, 7) is 5.78. The summed E-state index contributed by atoms with van der Waals surface area (Å²) in [4.78, 5) is 12.3. The van der Waals surface area contributed by atoms with Crippen molar-refractivity contribution in [3.63, 3.8) is 0 Å². The molecule has 0 aliphatic heterocycles. The number of anilines is 1. The Morgan fingerprint density at radius 2 is 2.14 bits per heavy atom. The molecule has 0 saturated carbocycles. The summed E-state index contributed by atoms with van der Waals surface area (Å²) in [5, 5.41) is 2.93. The second-order valence-corrected chi connectivity index (χ2v) is 5.32. The topological polar surface area (TPSA) is 73.6 Å². The number of hydrogen-bond donors (Lipinski definition) is 2. The van der Waals surface area contributed by atoms with Crippen LogP contribution < -0.4 is 11.1 Å². The van der Waals surface area contributed by atoms with Crippen LogP contribution in [0.25, 0.3) is 0 Å². The van der Waals surface area contributed by atoms with Gasteiger partial charge in [-0.25, -0.2) is 0 Å². The quantitative estimate of drug-likeness (QED) is 0.685. The smallest absolute Gasteiger partial charge is 0.231 e. The normalized spacial score (nSPS) is 13.7. The molecule has 1 atom stereocenters. The van der Waals surface area contributed by atoms with Crippen molar-refractivity contribution >= 4 is 11.6 Å². The summed E-state index contributed by atoms with van der Waals surface area (Å²) in [5.74, 6) is -0.0510. The zero-order chi connectivity index (χ0) is 15.7.